The predicted octanol–water partition coefficient (Wildman–Crippen LogP) is 0.876. The summed E-state index contributed by atoms with van der Waals surface area (Å²) in [6.07, 6.45) is 5.87. The van der Waals surface area contributed by atoms with E-state index in [1.54, 1.807) is 36.8 Å². The van der Waals surface area contributed by atoms with Crippen LogP contribution in [0, 0.1) is 11.3 Å². The van der Waals surface area contributed by atoms with E-state index in [1.165, 1.54) is 0 Å². The van der Waals surface area contributed by atoms with Gasteiger partial charge < -0.3 is 9.88 Å². The summed E-state index contributed by atoms with van der Waals surface area (Å²) in [5.41, 5.74) is 1.02. The third-order valence-electron chi connectivity index (χ3n) is 3.30. The number of aromatic nitrogens is 2. The van der Waals surface area contributed by atoms with Crippen molar-refractivity contribution in [1.82, 2.24) is 14.9 Å². The molecule has 1 N–H and O–H groups in total. The highest BCUT2D eigenvalue weighted by Gasteiger charge is 2.17. The van der Waals surface area contributed by atoms with Crippen LogP contribution in [0.15, 0.2) is 43.0 Å². The molecule has 2 aromatic rings. The summed E-state index contributed by atoms with van der Waals surface area (Å²) in [5, 5.41) is 11.3. The highest BCUT2D eigenvalue weighted by atomic mass is 32.2. The van der Waals surface area contributed by atoms with Gasteiger partial charge in [-0.15, -0.1) is 0 Å². The van der Waals surface area contributed by atoms with E-state index in [0.29, 0.717) is 30.6 Å². The molecule has 1 heterocycles. The Hall–Kier alpha value is -2.66. The normalized spacial score (nSPS) is 11.0. The second-order valence-corrected chi connectivity index (χ2v) is 7.41. The molecule has 24 heavy (non-hydrogen) atoms. The fraction of sp³-hybridized carbons (Fsp3) is 0.312. The van der Waals surface area contributed by atoms with Gasteiger partial charge in [0.05, 0.1) is 23.7 Å². The SMILES string of the molecule is N#Cc1ccc(CS(=O)(=O)CC(=O)NCCCn2ccnc2)cc1. The average Bonchev–Trinajstić information content (AvgIpc) is 3.05. The fourth-order valence-electron chi connectivity index (χ4n) is 2.14. The van der Waals surface area contributed by atoms with E-state index in [-0.39, 0.29) is 5.75 Å². The van der Waals surface area contributed by atoms with Crippen LogP contribution in [0.2, 0.25) is 0 Å². The van der Waals surface area contributed by atoms with Crippen molar-refractivity contribution < 1.29 is 13.2 Å². The Bertz CT molecular complexity index is 806. The molecule has 0 aliphatic carbocycles. The molecule has 1 aromatic carbocycles. The Morgan fingerprint density at radius 3 is 2.67 bits per heavy atom. The van der Waals surface area contributed by atoms with E-state index >= 15 is 0 Å². The third kappa shape index (κ3) is 5.85. The van der Waals surface area contributed by atoms with Gasteiger partial charge in [-0.05, 0) is 24.1 Å². The van der Waals surface area contributed by atoms with Gasteiger partial charge in [-0.25, -0.2) is 13.4 Å². The molecule has 1 aromatic heterocycles. The van der Waals surface area contributed by atoms with Crippen LogP contribution in [-0.4, -0.2) is 36.2 Å². The van der Waals surface area contributed by atoms with Crippen molar-refractivity contribution in [3.63, 3.8) is 0 Å². The van der Waals surface area contributed by atoms with Gasteiger partial charge in [0.1, 0.15) is 5.75 Å². The predicted molar refractivity (Wildman–Crippen MR) is 88.5 cm³/mol. The highest BCUT2D eigenvalue weighted by Crippen LogP contribution is 2.08. The summed E-state index contributed by atoms with van der Waals surface area (Å²) in [5.74, 6) is -1.27. The molecule has 1 amide bonds. The molecule has 8 heteroatoms. The minimum absolute atomic E-state index is 0.221. The maximum atomic E-state index is 12.0. The molecular formula is C16H18N4O3S. The fourth-order valence-corrected chi connectivity index (χ4v) is 3.44. The van der Waals surface area contributed by atoms with Gasteiger partial charge in [-0.2, -0.15) is 5.26 Å². The van der Waals surface area contributed by atoms with Gasteiger partial charge >= 0.3 is 0 Å². The summed E-state index contributed by atoms with van der Waals surface area (Å²) < 4.78 is 26.0. The molecule has 2 rings (SSSR count). The zero-order chi connectivity index (χ0) is 17.4. The van der Waals surface area contributed by atoms with Gasteiger partial charge in [0.25, 0.3) is 0 Å². The number of carbonyl (C=O) groups is 1. The largest absolute Gasteiger partial charge is 0.355 e. The number of carbonyl (C=O) groups excluding carboxylic acids is 1. The van der Waals surface area contributed by atoms with Crippen molar-refractivity contribution in [2.75, 3.05) is 12.3 Å². The van der Waals surface area contributed by atoms with Crippen LogP contribution in [0.4, 0.5) is 0 Å². The van der Waals surface area contributed by atoms with Gasteiger partial charge in [-0.3, -0.25) is 4.79 Å². The first-order valence-electron chi connectivity index (χ1n) is 7.40. The Labute approximate surface area is 140 Å². The first kappa shape index (κ1) is 17.7. The Balaban J connectivity index is 1.75. The zero-order valence-electron chi connectivity index (χ0n) is 13.1. The summed E-state index contributed by atoms with van der Waals surface area (Å²) in [4.78, 5) is 15.7. The maximum Gasteiger partial charge on any atom is 0.235 e. The van der Waals surface area contributed by atoms with Crippen LogP contribution in [0.1, 0.15) is 17.5 Å². The molecule has 0 spiro atoms. The number of nitrogens with one attached hydrogen (secondary N) is 1. The lowest BCUT2D eigenvalue weighted by molar-refractivity contribution is -0.118. The van der Waals surface area contributed by atoms with E-state index in [0.717, 1.165) is 0 Å². The second-order valence-electron chi connectivity index (χ2n) is 5.34. The molecular weight excluding hydrogens is 328 g/mol. The Morgan fingerprint density at radius 2 is 2.04 bits per heavy atom. The zero-order valence-corrected chi connectivity index (χ0v) is 13.9. The van der Waals surface area contributed by atoms with E-state index < -0.39 is 21.5 Å². The number of imidazole rings is 1. The number of hydrogen-bond donors (Lipinski definition) is 1. The van der Waals surface area contributed by atoms with Crippen LogP contribution in [-0.2, 0) is 26.9 Å². The molecule has 0 saturated heterocycles. The van der Waals surface area contributed by atoms with Crippen LogP contribution >= 0.6 is 0 Å². The lowest BCUT2D eigenvalue weighted by atomic mass is 10.2. The number of benzene rings is 1. The standard InChI is InChI=1S/C16H18N4O3S/c17-10-14-2-4-15(5-3-14)11-24(22,23)12-16(21)19-6-1-8-20-9-7-18-13-20/h2-5,7,9,13H,1,6,8,11-12H2,(H,19,21). The number of amides is 1. The molecule has 0 radical (unpaired) electrons. The van der Waals surface area contributed by atoms with Crippen molar-refractivity contribution in [3.05, 3.63) is 54.1 Å². The lowest BCUT2D eigenvalue weighted by Gasteiger charge is -2.07. The first-order chi connectivity index (χ1) is 11.5. The molecule has 0 saturated carbocycles. The highest BCUT2D eigenvalue weighted by molar-refractivity contribution is 7.91. The smallest absolute Gasteiger partial charge is 0.235 e. The van der Waals surface area contributed by atoms with E-state index in [1.807, 2.05) is 16.8 Å². The van der Waals surface area contributed by atoms with Gasteiger partial charge in [-0.1, -0.05) is 12.1 Å². The molecule has 0 bridgehead atoms. The molecule has 7 nitrogen and oxygen atoms in total. The van der Waals surface area contributed by atoms with Gasteiger partial charge in [0, 0.05) is 25.5 Å². The molecule has 0 aliphatic heterocycles. The van der Waals surface area contributed by atoms with Crippen molar-refractivity contribution in [3.8, 4) is 6.07 Å². The quantitative estimate of drug-likeness (QED) is 0.714. The lowest BCUT2D eigenvalue weighted by Crippen LogP contribution is -2.31. The minimum Gasteiger partial charge on any atom is -0.355 e. The van der Waals surface area contributed by atoms with E-state index in [9.17, 15) is 13.2 Å². The monoisotopic (exact) mass is 346 g/mol. The summed E-state index contributed by atoms with van der Waals surface area (Å²) >= 11 is 0. The number of aryl methyl sites for hydroxylation is 1. The summed E-state index contributed by atoms with van der Waals surface area (Å²) in [6.45, 7) is 1.11. The number of sulfone groups is 1. The van der Waals surface area contributed by atoms with E-state index in [4.69, 9.17) is 5.26 Å². The van der Waals surface area contributed by atoms with Gasteiger partial charge in [0.2, 0.25) is 5.91 Å². The molecule has 126 valence electrons. The van der Waals surface area contributed by atoms with Crippen LogP contribution in [0.25, 0.3) is 0 Å². The van der Waals surface area contributed by atoms with Crippen molar-refractivity contribution >= 4 is 15.7 Å². The van der Waals surface area contributed by atoms with Crippen LogP contribution in [0.5, 0.6) is 0 Å². The van der Waals surface area contributed by atoms with Crippen molar-refractivity contribution in [2.24, 2.45) is 0 Å². The average molecular weight is 346 g/mol. The Morgan fingerprint density at radius 1 is 1.29 bits per heavy atom. The van der Waals surface area contributed by atoms with E-state index in [2.05, 4.69) is 10.3 Å². The van der Waals surface area contributed by atoms with Crippen molar-refractivity contribution in [2.45, 2.75) is 18.7 Å². The van der Waals surface area contributed by atoms with Gasteiger partial charge in [0.15, 0.2) is 9.84 Å². The van der Waals surface area contributed by atoms with Crippen molar-refractivity contribution in [1.29, 1.82) is 5.26 Å². The number of hydrogen-bond acceptors (Lipinski definition) is 5. The topological polar surface area (TPSA) is 105 Å². The minimum atomic E-state index is -3.54. The first-order valence-corrected chi connectivity index (χ1v) is 9.22. The number of nitrogens with zero attached hydrogens (tertiary/aromatic N) is 3. The second kappa shape index (κ2) is 8.26. The van der Waals surface area contributed by atoms with Crippen LogP contribution in [0.3, 0.4) is 0 Å². The van der Waals surface area contributed by atoms with Crippen LogP contribution < -0.4 is 5.32 Å². The third-order valence-corrected chi connectivity index (χ3v) is 4.77. The molecule has 0 aliphatic rings. The molecule has 0 unspecified atom stereocenters. The molecule has 0 fully saturated rings. The Kier molecular flexibility index (Phi) is 6.09. The number of rotatable bonds is 8. The summed E-state index contributed by atoms with van der Waals surface area (Å²) in [7, 11) is -3.54. The summed E-state index contributed by atoms with van der Waals surface area (Å²) in [6, 6.07) is 8.25. The number of nitriles is 1. The maximum absolute atomic E-state index is 12.0. The molecule has 0 atom stereocenters.